The maximum absolute atomic E-state index is 11.9. The molecule has 15 heavy (non-hydrogen) atoms. The van der Waals surface area contributed by atoms with Gasteiger partial charge >= 0.3 is 0 Å². The predicted octanol–water partition coefficient (Wildman–Crippen LogP) is 0.376. The van der Waals surface area contributed by atoms with Gasteiger partial charge in [0.1, 0.15) is 0 Å². The summed E-state index contributed by atoms with van der Waals surface area (Å²) >= 11 is 0. The van der Waals surface area contributed by atoms with Gasteiger partial charge < -0.3 is 15.0 Å². The van der Waals surface area contributed by atoms with E-state index in [0.717, 1.165) is 19.5 Å². The van der Waals surface area contributed by atoms with E-state index in [1.807, 2.05) is 4.90 Å². The molecule has 0 aromatic rings. The van der Waals surface area contributed by atoms with Gasteiger partial charge in [-0.05, 0) is 26.3 Å². The topological polar surface area (TPSA) is 41.6 Å². The van der Waals surface area contributed by atoms with Gasteiger partial charge in [-0.2, -0.15) is 0 Å². The van der Waals surface area contributed by atoms with Gasteiger partial charge in [-0.1, -0.05) is 0 Å². The minimum absolute atomic E-state index is 0.227. The summed E-state index contributed by atoms with van der Waals surface area (Å²) in [6, 6.07) is 0.604. The van der Waals surface area contributed by atoms with E-state index in [9.17, 15) is 4.79 Å². The first-order valence-corrected chi connectivity index (χ1v) is 5.88. The van der Waals surface area contributed by atoms with Gasteiger partial charge in [-0.15, -0.1) is 0 Å². The molecule has 0 bridgehead atoms. The summed E-state index contributed by atoms with van der Waals surface area (Å²) < 4.78 is 5.42. The van der Waals surface area contributed by atoms with Gasteiger partial charge in [-0.3, -0.25) is 4.79 Å². The van der Waals surface area contributed by atoms with E-state index in [0.29, 0.717) is 25.7 Å². The van der Waals surface area contributed by atoms with Crippen LogP contribution >= 0.6 is 0 Å². The van der Waals surface area contributed by atoms with Crippen LogP contribution in [0.3, 0.4) is 0 Å². The molecule has 1 amide bonds. The van der Waals surface area contributed by atoms with Crippen LogP contribution in [0.25, 0.3) is 0 Å². The molecule has 0 radical (unpaired) electrons. The number of carbonyl (C=O) groups excluding carboxylic acids is 1. The van der Waals surface area contributed by atoms with Crippen LogP contribution in [0, 0.1) is 0 Å². The Bertz CT molecular complexity index is 227. The van der Waals surface area contributed by atoms with E-state index in [-0.39, 0.29) is 11.9 Å². The summed E-state index contributed by atoms with van der Waals surface area (Å²) in [5, 5.41) is 3.36. The summed E-state index contributed by atoms with van der Waals surface area (Å²) in [7, 11) is 0. The zero-order valence-corrected chi connectivity index (χ0v) is 9.37. The van der Waals surface area contributed by atoms with E-state index < -0.39 is 0 Å². The maximum Gasteiger partial charge on any atom is 0.225 e. The monoisotopic (exact) mass is 212 g/mol. The Morgan fingerprint density at radius 1 is 1.53 bits per heavy atom. The summed E-state index contributed by atoms with van der Waals surface area (Å²) in [4.78, 5) is 14.0. The van der Waals surface area contributed by atoms with Crippen molar-refractivity contribution >= 4 is 5.91 Å². The molecule has 2 fully saturated rings. The van der Waals surface area contributed by atoms with Gasteiger partial charge in [0.15, 0.2) is 0 Å². The van der Waals surface area contributed by atoms with Gasteiger partial charge in [0, 0.05) is 12.6 Å². The van der Waals surface area contributed by atoms with Crippen LogP contribution in [0.15, 0.2) is 0 Å². The summed E-state index contributed by atoms with van der Waals surface area (Å²) in [6.45, 7) is 5.37. The SMILES string of the molecule is CC1COCCC(=O)N1C1CCCNC1. The zero-order chi connectivity index (χ0) is 10.7. The fraction of sp³-hybridized carbons (Fsp3) is 0.909. The molecule has 0 saturated carbocycles. The van der Waals surface area contributed by atoms with Crippen LogP contribution in [-0.2, 0) is 9.53 Å². The van der Waals surface area contributed by atoms with Gasteiger partial charge in [-0.25, -0.2) is 0 Å². The molecule has 0 aromatic carbocycles. The number of amides is 1. The first-order chi connectivity index (χ1) is 7.29. The summed E-state index contributed by atoms with van der Waals surface area (Å²) in [5.41, 5.74) is 0. The lowest BCUT2D eigenvalue weighted by Gasteiger charge is -2.37. The van der Waals surface area contributed by atoms with E-state index in [1.165, 1.54) is 6.42 Å². The smallest absolute Gasteiger partial charge is 0.225 e. The third kappa shape index (κ3) is 2.49. The van der Waals surface area contributed by atoms with Gasteiger partial charge in [0.2, 0.25) is 5.91 Å². The lowest BCUT2D eigenvalue weighted by atomic mass is 10.0. The number of hydrogen-bond donors (Lipinski definition) is 1. The number of hydrogen-bond acceptors (Lipinski definition) is 3. The molecule has 2 heterocycles. The van der Waals surface area contributed by atoms with E-state index >= 15 is 0 Å². The largest absolute Gasteiger partial charge is 0.379 e. The van der Waals surface area contributed by atoms with Crippen LogP contribution in [0.1, 0.15) is 26.2 Å². The Balaban J connectivity index is 2.04. The van der Waals surface area contributed by atoms with E-state index in [4.69, 9.17) is 4.74 Å². The molecule has 2 rings (SSSR count). The van der Waals surface area contributed by atoms with E-state index in [2.05, 4.69) is 12.2 Å². The molecule has 2 unspecified atom stereocenters. The summed E-state index contributed by atoms with van der Waals surface area (Å²) in [5.74, 6) is 0.258. The highest BCUT2D eigenvalue weighted by Crippen LogP contribution is 2.17. The molecule has 2 atom stereocenters. The number of rotatable bonds is 1. The number of piperidine rings is 1. The standard InChI is InChI=1S/C11H20N2O2/c1-9-8-15-6-4-11(14)13(9)10-3-2-5-12-7-10/h9-10,12H,2-8H2,1H3. The highest BCUT2D eigenvalue weighted by atomic mass is 16.5. The van der Waals surface area contributed by atoms with Crippen molar-refractivity contribution in [2.75, 3.05) is 26.3 Å². The first-order valence-electron chi connectivity index (χ1n) is 5.88. The fourth-order valence-electron chi connectivity index (χ4n) is 2.50. The molecule has 0 aliphatic carbocycles. The molecule has 4 heteroatoms. The van der Waals surface area contributed by atoms with Crippen molar-refractivity contribution in [3.05, 3.63) is 0 Å². The molecule has 4 nitrogen and oxygen atoms in total. The van der Waals surface area contributed by atoms with Crippen molar-refractivity contribution in [1.29, 1.82) is 0 Å². The van der Waals surface area contributed by atoms with Crippen LogP contribution in [0.2, 0.25) is 0 Å². The number of carbonyl (C=O) groups is 1. The number of ether oxygens (including phenoxy) is 1. The summed E-state index contributed by atoms with van der Waals surface area (Å²) in [6.07, 6.45) is 2.84. The third-order valence-electron chi connectivity index (χ3n) is 3.25. The lowest BCUT2D eigenvalue weighted by molar-refractivity contribution is -0.135. The minimum Gasteiger partial charge on any atom is -0.379 e. The Morgan fingerprint density at radius 3 is 3.13 bits per heavy atom. The molecule has 1 N–H and O–H groups in total. The minimum atomic E-state index is 0.227. The van der Waals surface area contributed by atoms with Crippen molar-refractivity contribution in [2.24, 2.45) is 0 Å². The number of nitrogens with one attached hydrogen (secondary N) is 1. The van der Waals surface area contributed by atoms with Crippen LogP contribution in [0.5, 0.6) is 0 Å². The second kappa shape index (κ2) is 4.94. The predicted molar refractivity (Wildman–Crippen MR) is 57.6 cm³/mol. The molecule has 86 valence electrons. The van der Waals surface area contributed by atoms with Crippen molar-refractivity contribution in [3.8, 4) is 0 Å². The number of nitrogens with zero attached hydrogens (tertiary/aromatic N) is 1. The second-order valence-electron chi connectivity index (χ2n) is 4.48. The molecular weight excluding hydrogens is 192 g/mol. The lowest BCUT2D eigenvalue weighted by Crippen LogP contribution is -2.52. The third-order valence-corrected chi connectivity index (χ3v) is 3.25. The highest BCUT2D eigenvalue weighted by molar-refractivity contribution is 5.77. The van der Waals surface area contributed by atoms with Crippen molar-refractivity contribution in [2.45, 2.75) is 38.3 Å². The molecule has 2 aliphatic heterocycles. The first kappa shape index (κ1) is 10.9. The zero-order valence-electron chi connectivity index (χ0n) is 9.37. The average molecular weight is 212 g/mol. The Morgan fingerprint density at radius 2 is 2.40 bits per heavy atom. The maximum atomic E-state index is 11.9. The van der Waals surface area contributed by atoms with Crippen LogP contribution in [-0.4, -0.2) is 49.2 Å². The normalized spacial score (nSPS) is 33.9. The Labute approximate surface area is 91.0 Å². The molecule has 0 spiro atoms. The van der Waals surface area contributed by atoms with Crippen molar-refractivity contribution < 1.29 is 9.53 Å². The second-order valence-corrected chi connectivity index (χ2v) is 4.48. The van der Waals surface area contributed by atoms with E-state index in [1.54, 1.807) is 0 Å². The average Bonchev–Trinajstić information content (AvgIpc) is 2.41. The quantitative estimate of drug-likeness (QED) is 0.683. The highest BCUT2D eigenvalue weighted by Gasteiger charge is 2.30. The Hall–Kier alpha value is -0.610. The Kier molecular flexibility index (Phi) is 3.59. The van der Waals surface area contributed by atoms with Crippen molar-refractivity contribution in [1.82, 2.24) is 10.2 Å². The molecule has 2 aliphatic rings. The van der Waals surface area contributed by atoms with Crippen molar-refractivity contribution in [3.63, 3.8) is 0 Å². The molecular formula is C11H20N2O2. The fourth-order valence-corrected chi connectivity index (χ4v) is 2.50. The van der Waals surface area contributed by atoms with Gasteiger partial charge in [0.25, 0.3) is 0 Å². The van der Waals surface area contributed by atoms with Crippen LogP contribution < -0.4 is 5.32 Å². The van der Waals surface area contributed by atoms with Gasteiger partial charge in [0.05, 0.1) is 25.7 Å². The molecule has 0 aromatic heterocycles. The van der Waals surface area contributed by atoms with Crippen LogP contribution in [0.4, 0.5) is 0 Å². The molecule has 2 saturated heterocycles.